The SMILES string of the molecule is CCOC(=O)c1cc(C2=C(c3cc(Cl)ccc3OCc3ccccc3)CCC2)ccc1C. The quantitative estimate of drug-likeness (QED) is 0.352. The number of esters is 1. The maximum atomic E-state index is 12.4. The normalized spacial score (nSPS) is 13.3. The highest BCUT2D eigenvalue weighted by molar-refractivity contribution is 6.30. The molecule has 0 spiro atoms. The Morgan fingerprint density at radius 1 is 0.969 bits per heavy atom. The van der Waals surface area contributed by atoms with Crippen molar-refractivity contribution >= 4 is 28.7 Å². The zero-order chi connectivity index (χ0) is 22.5. The van der Waals surface area contributed by atoms with Crippen LogP contribution in [0.2, 0.25) is 5.02 Å². The number of allylic oxidation sites excluding steroid dienone is 2. The maximum Gasteiger partial charge on any atom is 0.338 e. The lowest BCUT2D eigenvalue weighted by Gasteiger charge is -2.16. The van der Waals surface area contributed by atoms with Crippen LogP contribution in [0.25, 0.3) is 11.1 Å². The Labute approximate surface area is 194 Å². The second kappa shape index (κ2) is 10.1. The fourth-order valence-electron chi connectivity index (χ4n) is 4.20. The molecule has 4 rings (SSSR count). The maximum absolute atomic E-state index is 12.4. The molecule has 1 aliphatic rings. The monoisotopic (exact) mass is 446 g/mol. The minimum Gasteiger partial charge on any atom is -0.488 e. The summed E-state index contributed by atoms with van der Waals surface area (Å²) in [6, 6.07) is 22.0. The van der Waals surface area contributed by atoms with E-state index in [2.05, 4.69) is 18.2 Å². The molecule has 32 heavy (non-hydrogen) atoms. The summed E-state index contributed by atoms with van der Waals surface area (Å²) >= 11 is 6.39. The summed E-state index contributed by atoms with van der Waals surface area (Å²) in [5, 5.41) is 0.682. The molecule has 3 nitrogen and oxygen atoms in total. The molecule has 0 saturated carbocycles. The summed E-state index contributed by atoms with van der Waals surface area (Å²) in [5.74, 6) is 0.548. The van der Waals surface area contributed by atoms with Gasteiger partial charge in [-0.2, -0.15) is 0 Å². The molecule has 0 aromatic heterocycles. The number of benzene rings is 3. The number of halogens is 1. The number of carbonyl (C=O) groups is 1. The minimum absolute atomic E-state index is 0.276. The lowest BCUT2D eigenvalue weighted by molar-refractivity contribution is 0.0525. The highest BCUT2D eigenvalue weighted by atomic mass is 35.5. The Morgan fingerprint density at radius 3 is 2.53 bits per heavy atom. The molecule has 3 aromatic carbocycles. The molecule has 0 unspecified atom stereocenters. The molecular formula is C28H27ClO3. The van der Waals surface area contributed by atoms with E-state index in [4.69, 9.17) is 21.1 Å². The smallest absolute Gasteiger partial charge is 0.338 e. The van der Waals surface area contributed by atoms with Crippen molar-refractivity contribution in [3.8, 4) is 5.75 Å². The van der Waals surface area contributed by atoms with Crippen molar-refractivity contribution in [2.45, 2.75) is 39.7 Å². The van der Waals surface area contributed by atoms with Crippen molar-refractivity contribution in [3.63, 3.8) is 0 Å². The third-order valence-electron chi connectivity index (χ3n) is 5.80. The van der Waals surface area contributed by atoms with Crippen LogP contribution < -0.4 is 4.74 Å². The number of carbonyl (C=O) groups excluding carboxylic acids is 1. The van der Waals surface area contributed by atoms with Gasteiger partial charge in [0.05, 0.1) is 12.2 Å². The molecule has 0 amide bonds. The van der Waals surface area contributed by atoms with E-state index >= 15 is 0 Å². The van der Waals surface area contributed by atoms with E-state index in [-0.39, 0.29) is 5.97 Å². The van der Waals surface area contributed by atoms with Gasteiger partial charge < -0.3 is 9.47 Å². The number of aryl methyl sites for hydroxylation is 1. The van der Waals surface area contributed by atoms with Gasteiger partial charge in [0, 0.05) is 10.6 Å². The molecule has 0 heterocycles. The van der Waals surface area contributed by atoms with Gasteiger partial charge in [0.2, 0.25) is 0 Å². The van der Waals surface area contributed by atoms with Gasteiger partial charge in [-0.15, -0.1) is 0 Å². The summed E-state index contributed by atoms with van der Waals surface area (Å²) in [6.45, 7) is 4.62. The van der Waals surface area contributed by atoms with E-state index in [9.17, 15) is 4.79 Å². The highest BCUT2D eigenvalue weighted by Crippen LogP contribution is 2.44. The second-order valence-corrected chi connectivity index (χ2v) is 8.41. The Morgan fingerprint density at radius 2 is 1.75 bits per heavy atom. The predicted molar refractivity (Wildman–Crippen MR) is 130 cm³/mol. The Hall–Kier alpha value is -3.04. The van der Waals surface area contributed by atoms with E-state index in [1.807, 2.05) is 62.4 Å². The van der Waals surface area contributed by atoms with Gasteiger partial charge in [0.25, 0.3) is 0 Å². The summed E-state index contributed by atoms with van der Waals surface area (Å²) in [6.07, 6.45) is 2.95. The zero-order valence-electron chi connectivity index (χ0n) is 18.5. The summed E-state index contributed by atoms with van der Waals surface area (Å²) in [7, 11) is 0. The van der Waals surface area contributed by atoms with E-state index in [0.717, 1.165) is 47.3 Å². The standard InChI is InChI=1S/C28H27ClO3/c1-3-31-28(30)25-16-21(13-12-19(25)2)23-10-7-11-24(23)26-17-22(29)14-15-27(26)32-18-20-8-5-4-6-9-20/h4-6,8-9,12-17H,3,7,10-11,18H2,1-2H3. The third kappa shape index (κ3) is 4.89. The van der Waals surface area contributed by atoms with Crippen LogP contribution in [0.3, 0.4) is 0 Å². The Kier molecular flexibility index (Phi) is 6.96. The lowest BCUT2D eigenvalue weighted by Crippen LogP contribution is -2.07. The average molecular weight is 447 g/mol. The minimum atomic E-state index is -0.276. The zero-order valence-corrected chi connectivity index (χ0v) is 19.2. The molecule has 0 atom stereocenters. The summed E-state index contributed by atoms with van der Waals surface area (Å²) in [4.78, 5) is 12.4. The van der Waals surface area contributed by atoms with Gasteiger partial charge in [-0.1, -0.05) is 54.1 Å². The first-order valence-electron chi connectivity index (χ1n) is 11.0. The van der Waals surface area contributed by atoms with Crippen LogP contribution in [0.4, 0.5) is 0 Å². The molecule has 0 radical (unpaired) electrons. The molecule has 4 heteroatoms. The van der Waals surface area contributed by atoms with Crippen molar-refractivity contribution in [1.29, 1.82) is 0 Å². The molecule has 0 aliphatic heterocycles. The number of hydrogen-bond acceptors (Lipinski definition) is 3. The van der Waals surface area contributed by atoms with E-state index < -0.39 is 0 Å². The van der Waals surface area contributed by atoms with Crippen LogP contribution in [0.5, 0.6) is 5.75 Å². The Balaban J connectivity index is 1.72. The fourth-order valence-corrected chi connectivity index (χ4v) is 4.37. The lowest BCUT2D eigenvalue weighted by atomic mass is 9.94. The number of hydrogen-bond donors (Lipinski definition) is 0. The highest BCUT2D eigenvalue weighted by Gasteiger charge is 2.22. The second-order valence-electron chi connectivity index (χ2n) is 7.98. The molecule has 0 N–H and O–H groups in total. The molecule has 0 bridgehead atoms. The molecule has 0 fully saturated rings. The fraction of sp³-hybridized carbons (Fsp3) is 0.250. The van der Waals surface area contributed by atoms with Gasteiger partial charge >= 0.3 is 5.97 Å². The molecule has 3 aromatic rings. The number of rotatable bonds is 7. The van der Waals surface area contributed by atoms with Gasteiger partial charge in [-0.3, -0.25) is 0 Å². The molecule has 164 valence electrons. The van der Waals surface area contributed by atoms with Crippen LogP contribution in [0.1, 0.15) is 58.8 Å². The van der Waals surface area contributed by atoms with Crippen molar-refractivity contribution in [2.24, 2.45) is 0 Å². The van der Waals surface area contributed by atoms with E-state index in [0.29, 0.717) is 23.8 Å². The van der Waals surface area contributed by atoms with Gasteiger partial charge in [0.1, 0.15) is 12.4 Å². The number of ether oxygens (including phenoxy) is 2. The third-order valence-corrected chi connectivity index (χ3v) is 6.04. The van der Waals surface area contributed by atoms with Crippen LogP contribution in [0.15, 0.2) is 66.7 Å². The van der Waals surface area contributed by atoms with E-state index in [1.165, 1.54) is 11.1 Å². The van der Waals surface area contributed by atoms with Crippen molar-refractivity contribution in [3.05, 3.63) is 99.6 Å². The van der Waals surface area contributed by atoms with Crippen molar-refractivity contribution in [1.82, 2.24) is 0 Å². The average Bonchev–Trinajstić information content (AvgIpc) is 3.29. The van der Waals surface area contributed by atoms with E-state index in [1.54, 1.807) is 0 Å². The first kappa shape index (κ1) is 22.2. The van der Waals surface area contributed by atoms with Crippen LogP contribution >= 0.6 is 11.6 Å². The summed E-state index contributed by atoms with van der Waals surface area (Å²) in [5.41, 5.74) is 7.21. The first-order valence-corrected chi connectivity index (χ1v) is 11.4. The van der Waals surface area contributed by atoms with Crippen molar-refractivity contribution < 1.29 is 14.3 Å². The first-order chi connectivity index (χ1) is 15.6. The molecular weight excluding hydrogens is 420 g/mol. The summed E-state index contributed by atoms with van der Waals surface area (Å²) < 4.78 is 11.5. The van der Waals surface area contributed by atoms with Crippen LogP contribution in [0, 0.1) is 6.92 Å². The molecule has 0 saturated heterocycles. The topological polar surface area (TPSA) is 35.5 Å². The molecule has 1 aliphatic carbocycles. The van der Waals surface area contributed by atoms with Gasteiger partial charge in [-0.05, 0) is 85.2 Å². The van der Waals surface area contributed by atoms with Crippen molar-refractivity contribution in [2.75, 3.05) is 6.61 Å². The van der Waals surface area contributed by atoms with Gasteiger partial charge in [-0.25, -0.2) is 4.79 Å². The van der Waals surface area contributed by atoms with Gasteiger partial charge in [0.15, 0.2) is 0 Å². The predicted octanol–water partition coefficient (Wildman–Crippen LogP) is 7.50. The van der Waals surface area contributed by atoms with Crippen LogP contribution in [-0.2, 0) is 11.3 Å². The Bertz CT molecular complexity index is 1150. The van der Waals surface area contributed by atoms with Crippen LogP contribution in [-0.4, -0.2) is 12.6 Å². The largest absolute Gasteiger partial charge is 0.488 e.